The summed E-state index contributed by atoms with van der Waals surface area (Å²) in [5.74, 6) is 1.45. The van der Waals surface area contributed by atoms with Gasteiger partial charge in [0.15, 0.2) is 0 Å². The average molecular weight is 236 g/mol. The molecule has 1 atom stereocenters. The van der Waals surface area contributed by atoms with Gasteiger partial charge >= 0.3 is 0 Å². The molecule has 17 heavy (non-hydrogen) atoms. The van der Waals surface area contributed by atoms with Gasteiger partial charge in [0.05, 0.1) is 7.11 Å². The second-order valence-corrected chi connectivity index (χ2v) is 4.42. The number of nitrogens with one attached hydrogen (secondary N) is 1. The van der Waals surface area contributed by atoms with Crippen molar-refractivity contribution in [1.82, 2.24) is 10.3 Å². The van der Waals surface area contributed by atoms with Crippen LogP contribution in [0, 0.1) is 5.92 Å². The van der Waals surface area contributed by atoms with E-state index in [1.165, 1.54) is 12.8 Å². The van der Waals surface area contributed by atoms with Crippen molar-refractivity contribution in [3.8, 4) is 5.88 Å². The van der Waals surface area contributed by atoms with Crippen LogP contribution < -0.4 is 10.1 Å². The Balaban J connectivity index is 2.54. The number of hydrogen-bond donors (Lipinski definition) is 1. The Bertz CT molecular complexity index is 324. The fraction of sp³-hybridized carbons (Fsp3) is 0.643. The SMILES string of the molecule is CCC(CC)C(C)NCc1cccnc1OC. The fourth-order valence-corrected chi connectivity index (χ4v) is 2.18. The second kappa shape index (κ2) is 7.28. The third kappa shape index (κ3) is 4.00. The van der Waals surface area contributed by atoms with Gasteiger partial charge in [-0.15, -0.1) is 0 Å². The zero-order chi connectivity index (χ0) is 12.7. The van der Waals surface area contributed by atoms with Gasteiger partial charge < -0.3 is 10.1 Å². The predicted octanol–water partition coefficient (Wildman–Crippen LogP) is 3.00. The zero-order valence-electron chi connectivity index (χ0n) is 11.4. The third-order valence-corrected chi connectivity index (χ3v) is 3.41. The smallest absolute Gasteiger partial charge is 0.217 e. The van der Waals surface area contributed by atoms with E-state index in [1.54, 1.807) is 13.3 Å². The summed E-state index contributed by atoms with van der Waals surface area (Å²) in [4.78, 5) is 4.20. The molecule has 0 fully saturated rings. The van der Waals surface area contributed by atoms with E-state index < -0.39 is 0 Å². The Morgan fingerprint density at radius 1 is 1.35 bits per heavy atom. The standard InChI is InChI=1S/C14H24N2O/c1-5-12(6-2)11(3)16-10-13-8-7-9-15-14(13)17-4/h7-9,11-12,16H,5-6,10H2,1-4H3. The van der Waals surface area contributed by atoms with E-state index in [-0.39, 0.29) is 0 Å². The molecule has 1 rings (SSSR count). The maximum absolute atomic E-state index is 5.24. The van der Waals surface area contributed by atoms with Crippen molar-refractivity contribution in [1.29, 1.82) is 0 Å². The van der Waals surface area contributed by atoms with Gasteiger partial charge in [-0.3, -0.25) is 0 Å². The molecular weight excluding hydrogens is 212 g/mol. The molecule has 1 N–H and O–H groups in total. The van der Waals surface area contributed by atoms with E-state index in [9.17, 15) is 0 Å². The first-order chi connectivity index (χ1) is 8.22. The van der Waals surface area contributed by atoms with E-state index in [1.807, 2.05) is 6.07 Å². The molecule has 0 aromatic carbocycles. The van der Waals surface area contributed by atoms with E-state index in [2.05, 4.69) is 37.1 Å². The lowest BCUT2D eigenvalue weighted by atomic mass is 9.95. The van der Waals surface area contributed by atoms with Gasteiger partial charge in [-0.25, -0.2) is 4.98 Å². The topological polar surface area (TPSA) is 34.2 Å². The van der Waals surface area contributed by atoms with Crippen molar-refractivity contribution >= 4 is 0 Å². The van der Waals surface area contributed by atoms with Gasteiger partial charge in [0, 0.05) is 24.3 Å². The Morgan fingerprint density at radius 2 is 2.06 bits per heavy atom. The molecule has 1 aromatic heterocycles. The largest absolute Gasteiger partial charge is 0.481 e. The molecular formula is C14H24N2O. The molecule has 0 bridgehead atoms. The summed E-state index contributed by atoms with van der Waals surface area (Å²) in [5.41, 5.74) is 1.12. The third-order valence-electron chi connectivity index (χ3n) is 3.41. The zero-order valence-corrected chi connectivity index (χ0v) is 11.4. The highest BCUT2D eigenvalue weighted by molar-refractivity contribution is 5.25. The fourth-order valence-electron chi connectivity index (χ4n) is 2.18. The molecule has 0 saturated carbocycles. The lowest BCUT2D eigenvalue weighted by molar-refractivity contribution is 0.346. The predicted molar refractivity (Wildman–Crippen MR) is 71.2 cm³/mol. The second-order valence-electron chi connectivity index (χ2n) is 4.42. The van der Waals surface area contributed by atoms with Gasteiger partial charge in [0.1, 0.15) is 0 Å². The van der Waals surface area contributed by atoms with Crippen LogP contribution in [0.15, 0.2) is 18.3 Å². The molecule has 1 aromatic rings. The molecule has 3 heteroatoms. The number of pyridine rings is 1. The first-order valence-corrected chi connectivity index (χ1v) is 6.44. The molecule has 0 radical (unpaired) electrons. The van der Waals surface area contributed by atoms with Gasteiger partial charge in [-0.1, -0.05) is 32.8 Å². The highest BCUT2D eigenvalue weighted by Crippen LogP contribution is 2.16. The van der Waals surface area contributed by atoms with E-state index >= 15 is 0 Å². The number of aromatic nitrogens is 1. The Kier molecular flexibility index (Phi) is 5.98. The highest BCUT2D eigenvalue weighted by Gasteiger charge is 2.13. The van der Waals surface area contributed by atoms with Gasteiger partial charge in [0.2, 0.25) is 5.88 Å². The number of hydrogen-bond acceptors (Lipinski definition) is 3. The summed E-state index contributed by atoms with van der Waals surface area (Å²) in [6.45, 7) is 7.56. The van der Waals surface area contributed by atoms with Crippen molar-refractivity contribution in [3.05, 3.63) is 23.9 Å². The van der Waals surface area contributed by atoms with Crippen LogP contribution in [-0.4, -0.2) is 18.1 Å². The van der Waals surface area contributed by atoms with Crippen molar-refractivity contribution in [2.45, 2.75) is 46.2 Å². The Labute approximate surface area is 105 Å². The van der Waals surface area contributed by atoms with E-state index in [0.29, 0.717) is 6.04 Å². The Morgan fingerprint density at radius 3 is 2.65 bits per heavy atom. The molecule has 96 valence electrons. The first-order valence-electron chi connectivity index (χ1n) is 6.44. The summed E-state index contributed by atoms with van der Waals surface area (Å²) in [7, 11) is 1.66. The van der Waals surface area contributed by atoms with Crippen LogP contribution in [0.25, 0.3) is 0 Å². The van der Waals surface area contributed by atoms with Crippen molar-refractivity contribution in [3.63, 3.8) is 0 Å². The quantitative estimate of drug-likeness (QED) is 0.790. The van der Waals surface area contributed by atoms with Gasteiger partial charge in [-0.2, -0.15) is 0 Å². The first kappa shape index (κ1) is 14.0. The van der Waals surface area contributed by atoms with Gasteiger partial charge in [0.25, 0.3) is 0 Å². The lowest BCUT2D eigenvalue weighted by Gasteiger charge is -2.22. The van der Waals surface area contributed by atoms with Crippen molar-refractivity contribution < 1.29 is 4.74 Å². The van der Waals surface area contributed by atoms with E-state index in [0.717, 1.165) is 23.9 Å². The van der Waals surface area contributed by atoms with Crippen LogP contribution >= 0.6 is 0 Å². The molecule has 1 unspecified atom stereocenters. The number of ether oxygens (including phenoxy) is 1. The van der Waals surface area contributed by atoms with Crippen LogP contribution in [0.5, 0.6) is 5.88 Å². The maximum atomic E-state index is 5.24. The van der Waals surface area contributed by atoms with Gasteiger partial charge in [-0.05, 0) is 18.9 Å². The number of rotatable bonds is 7. The molecule has 0 aliphatic heterocycles. The minimum absolute atomic E-state index is 0.523. The molecule has 3 nitrogen and oxygen atoms in total. The molecule has 0 amide bonds. The summed E-state index contributed by atoms with van der Waals surface area (Å²) >= 11 is 0. The summed E-state index contributed by atoms with van der Waals surface area (Å²) in [5, 5.41) is 3.56. The summed E-state index contributed by atoms with van der Waals surface area (Å²) in [6.07, 6.45) is 4.19. The Hall–Kier alpha value is -1.09. The molecule has 1 heterocycles. The van der Waals surface area contributed by atoms with Crippen molar-refractivity contribution in [2.75, 3.05) is 7.11 Å². The number of methoxy groups -OCH3 is 1. The number of nitrogens with zero attached hydrogens (tertiary/aromatic N) is 1. The molecule has 0 spiro atoms. The lowest BCUT2D eigenvalue weighted by Crippen LogP contribution is -2.32. The maximum Gasteiger partial charge on any atom is 0.217 e. The normalized spacial score (nSPS) is 12.8. The minimum atomic E-state index is 0.523. The van der Waals surface area contributed by atoms with Crippen molar-refractivity contribution in [2.24, 2.45) is 5.92 Å². The van der Waals surface area contributed by atoms with Crippen LogP contribution in [0.1, 0.15) is 39.2 Å². The minimum Gasteiger partial charge on any atom is -0.481 e. The summed E-state index contributed by atoms with van der Waals surface area (Å²) in [6, 6.07) is 4.52. The molecule has 0 aliphatic rings. The van der Waals surface area contributed by atoms with Crippen LogP contribution in [0.4, 0.5) is 0 Å². The molecule has 0 aliphatic carbocycles. The van der Waals surface area contributed by atoms with Crippen LogP contribution in [0.2, 0.25) is 0 Å². The van der Waals surface area contributed by atoms with Crippen LogP contribution in [-0.2, 0) is 6.54 Å². The van der Waals surface area contributed by atoms with E-state index in [4.69, 9.17) is 4.74 Å². The van der Waals surface area contributed by atoms with Crippen LogP contribution in [0.3, 0.4) is 0 Å². The molecule has 0 saturated heterocycles. The average Bonchev–Trinajstić information content (AvgIpc) is 2.38. The summed E-state index contributed by atoms with van der Waals surface area (Å²) < 4.78 is 5.24. The highest BCUT2D eigenvalue weighted by atomic mass is 16.5. The monoisotopic (exact) mass is 236 g/mol.